The van der Waals surface area contributed by atoms with Crippen LogP contribution < -0.4 is 0 Å². The standard InChI is InChI=1S/C37H51NO/c1-24(2)27-15-20-37(38-23-39)22-21-35(7)29(32(27)37)13-14-31-34(6)18-16-28(26-11-9-25(3)10-12-26)33(4,5)30(34)17-19-36(31,35)8/h9-12,16,27,29-32H,1,13-15,17-22H2,2-8H3/t27-,29+,30-,31+,32+,34-,35+,36+,37-/m0/s1. The third kappa shape index (κ3) is 3.52. The lowest BCUT2D eigenvalue weighted by Crippen LogP contribution is -2.66. The van der Waals surface area contributed by atoms with Gasteiger partial charge in [0.2, 0.25) is 6.08 Å². The number of isocyanates is 1. The van der Waals surface area contributed by atoms with Crippen LogP contribution in [-0.2, 0) is 4.79 Å². The Hall–Kier alpha value is -1.92. The van der Waals surface area contributed by atoms with Gasteiger partial charge in [0.05, 0.1) is 5.54 Å². The molecule has 0 unspecified atom stereocenters. The van der Waals surface area contributed by atoms with Gasteiger partial charge in [0.1, 0.15) is 0 Å². The molecule has 0 amide bonds. The molecule has 0 heterocycles. The summed E-state index contributed by atoms with van der Waals surface area (Å²) in [5.74, 6) is 2.99. The van der Waals surface area contributed by atoms with E-state index in [9.17, 15) is 4.79 Å². The van der Waals surface area contributed by atoms with E-state index in [1.165, 1.54) is 55.2 Å². The van der Waals surface area contributed by atoms with Crippen LogP contribution in [0.2, 0.25) is 0 Å². The van der Waals surface area contributed by atoms with Crippen molar-refractivity contribution >= 4 is 11.7 Å². The van der Waals surface area contributed by atoms with Gasteiger partial charge < -0.3 is 0 Å². The Labute approximate surface area is 237 Å². The number of nitrogens with zero attached hydrogens (tertiary/aromatic N) is 1. The Morgan fingerprint density at radius 1 is 0.897 bits per heavy atom. The van der Waals surface area contributed by atoms with E-state index in [4.69, 9.17) is 0 Å². The van der Waals surface area contributed by atoms with Crippen molar-refractivity contribution < 1.29 is 4.79 Å². The number of aryl methyl sites for hydroxylation is 1. The number of carbonyl (C=O) groups excluding carboxylic acids is 1. The molecule has 0 aliphatic heterocycles. The molecular formula is C37H51NO. The summed E-state index contributed by atoms with van der Waals surface area (Å²) in [5.41, 5.74) is 6.50. The van der Waals surface area contributed by atoms with Gasteiger partial charge in [-0.1, -0.05) is 82.7 Å². The highest BCUT2D eigenvalue weighted by atomic mass is 16.1. The predicted octanol–water partition coefficient (Wildman–Crippen LogP) is 9.73. The zero-order valence-corrected chi connectivity index (χ0v) is 25.7. The van der Waals surface area contributed by atoms with E-state index in [0.29, 0.717) is 34.5 Å². The molecule has 1 aromatic carbocycles. The van der Waals surface area contributed by atoms with Crippen molar-refractivity contribution in [1.82, 2.24) is 0 Å². The maximum Gasteiger partial charge on any atom is 0.235 e. The Bertz CT molecular complexity index is 1250. The number of hydrogen-bond acceptors (Lipinski definition) is 2. The summed E-state index contributed by atoms with van der Waals surface area (Å²) in [4.78, 5) is 16.3. The molecule has 0 spiro atoms. The lowest BCUT2D eigenvalue weighted by atomic mass is 9.33. The molecule has 6 rings (SSSR count). The largest absolute Gasteiger partial charge is 0.235 e. The molecule has 0 aromatic heterocycles. The Morgan fingerprint density at radius 3 is 2.28 bits per heavy atom. The molecule has 39 heavy (non-hydrogen) atoms. The van der Waals surface area contributed by atoms with Gasteiger partial charge in [-0.15, -0.1) is 0 Å². The van der Waals surface area contributed by atoms with Gasteiger partial charge in [-0.05, 0) is 134 Å². The fourth-order valence-corrected chi connectivity index (χ4v) is 12.2. The quantitative estimate of drug-likeness (QED) is 0.219. The van der Waals surface area contributed by atoms with Crippen molar-refractivity contribution in [3.63, 3.8) is 0 Å². The van der Waals surface area contributed by atoms with Crippen molar-refractivity contribution in [3.05, 3.63) is 53.6 Å². The first-order chi connectivity index (χ1) is 18.3. The van der Waals surface area contributed by atoms with Crippen molar-refractivity contribution in [3.8, 4) is 0 Å². The highest BCUT2D eigenvalue weighted by Gasteiger charge is 2.70. The van der Waals surface area contributed by atoms with E-state index in [2.05, 4.69) is 90.4 Å². The monoisotopic (exact) mass is 525 g/mol. The molecule has 9 atom stereocenters. The minimum Gasteiger partial charge on any atom is -0.211 e. The number of fused-ring (bicyclic) bond motifs is 7. The average Bonchev–Trinajstić information content (AvgIpc) is 3.25. The molecule has 5 aliphatic rings. The normalized spacial score (nSPS) is 46.0. The molecule has 5 aliphatic carbocycles. The van der Waals surface area contributed by atoms with Crippen LogP contribution in [0.1, 0.15) is 110 Å². The zero-order chi connectivity index (χ0) is 28.0. The molecule has 4 saturated carbocycles. The third-order valence-electron chi connectivity index (χ3n) is 14.2. The van der Waals surface area contributed by atoms with Gasteiger partial charge in [0.25, 0.3) is 0 Å². The molecule has 2 nitrogen and oxygen atoms in total. The predicted molar refractivity (Wildman–Crippen MR) is 162 cm³/mol. The first-order valence-corrected chi connectivity index (χ1v) is 15.9. The van der Waals surface area contributed by atoms with E-state index in [0.717, 1.165) is 25.2 Å². The van der Waals surface area contributed by atoms with Crippen LogP contribution in [0.5, 0.6) is 0 Å². The first-order valence-electron chi connectivity index (χ1n) is 15.9. The van der Waals surface area contributed by atoms with Crippen LogP contribution in [-0.4, -0.2) is 11.6 Å². The van der Waals surface area contributed by atoms with E-state index >= 15 is 0 Å². The molecule has 1 aromatic rings. The second kappa shape index (κ2) is 8.79. The SMILES string of the molecule is C=C(C)[C@@H]1CC[C@]2(N=C=O)CC[C@]3(C)[C@H](CC[C@@H]4[C@@]5(C)CC=C(c6ccc(C)cc6)C(C)(C)[C@@H]5CC[C@]43C)[C@@H]12. The summed E-state index contributed by atoms with van der Waals surface area (Å²) in [6.45, 7) is 22.0. The van der Waals surface area contributed by atoms with Crippen molar-refractivity contribution in [2.75, 3.05) is 0 Å². The van der Waals surface area contributed by atoms with E-state index in [-0.39, 0.29) is 16.4 Å². The number of aliphatic imine (C=N–C) groups is 1. The van der Waals surface area contributed by atoms with Crippen molar-refractivity contribution in [2.24, 2.45) is 56.2 Å². The van der Waals surface area contributed by atoms with Crippen LogP contribution in [0, 0.1) is 58.2 Å². The fourth-order valence-electron chi connectivity index (χ4n) is 12.2. The smallest absolute Gasteiger partial charge is 0.211 e. The summed E-state index contributed by atoms with van der Waals surface area (Å²) < 4.78 is 0. The molecule has 0 bridgehead atoms. The van der Waals surface area contributed by atoms with Gasteiger partial charge >= 0.3 is 0 Å². The van der Waals surface area contributed by atoms with E-state index in [1.54, 1.807) is 5.57 Å². The summed E-state index contributed by atoms with van der Waals surface area (Å²) >= 11 is 0. The fraction of sp³-hybridized carbons (Fsp3) is 0.703. The van der Waals surface area contributed by atoms with Gasteiger partial charge in [-0.25, -0.2) is 4.79 Å². The molecule has 2 heteroatoms. The van der Waals surface area contributed by atoms with Crippen LogP contribution in [0.3, 0.4) is 0 Å². The van der Waals surface area contributed by atoms with Crippen LogP contribution in [0.4, 0.5) is 0 Å². The minimum absolute atomic E-state index is 0.165. The minimum atomic E-state index is -0.196. The van der Waals surface area contributed by atoms with E-state index < -0.39 is 0 Å². The highest BCUT2D eigenvalue weighted by molar-refractivity contribution is 5.71. The second-order valence-corrected chi connectivity index (χ2v) is 15.9. The molecule has 0 radical (unpaired) electrons. The van der Waals surface area contributed by atoms with E-state index in [1.807, 2.05) is 6.08 Å². The first kappa shape index (κ1) is 27.3. The lowest BCUT2D eigenvalue weighted by Gasteiger charge is -2.72. The summed E-state index contributed by atoms with van der Waals surface area (Å²) in [7, 11) is 0. The van der Waals surface area contributed by atoms with Crippen molar-refractivity contribution in [1.29, 1.82) is 0 Å². The molecule has 0 N–H and O–H groups in total. The molecule has 210 valence electrons. The Kier molecular flexibility index (Phi) is 6.14. The number of benzene rings is 1. The molecule has 4 fully saturated rings. The summed E-state index contributed by atoms with van der Waals surface area (Å²) in [5, 5.41) is 0. The van der Waals surface area contributed by atoms with Crippen LogP contribution in [0.15, 0.2) is 47.5 Å². The number of allylic oxidation sites excluding steroid dienone is 3. The maximum absolute atomic E-state index is 11.7. The zero-order valence-electron chi connectivity index (χ0n) is 25.7. The van der Waals surface area contributed by atoms with Crippen molar-refractivity contribution in [2.45, 2.75) is 112 Å². The third-order valence-corrected chi connectivity index (χ3v) is 14.2. The average molecular weight is 526 g/mol. The van der Waals surface area contributed by atoms with Gasteiger partial charge in [-0.2, -0.15) is 4.99 Å². The van der Waals surface area contributed by atoms with Gasteiger partial charge in [0, 0.05) is 0 Å². The summed E-state index contributed by atoms with van der Waals surface area (Å²) in [6, 6.07) is 9.25. The summed E-state index contributed by atoms with van der Waals surface area (Å²) in [6.07, 6.45) is 15.5. The number of rotatable bonds is 3. The Balaban J connectivity index is 1.39. The molecular weight excluding hydrogens is 474 g/mol. The van der Waals surface area contributed by atoms with Gasteiger partial charge in [0.15, 0.2) is 0 Å². The van der Waals surface area contributed by atoms with Crippen LogP contribution >= 0.6 is 0 Å². The van der Waals surface area contributed by atoms with Crippen LogP contribution in [0.25, 0.3) is 5.57 Å². The molecule has 0 saturated heterocycles. The Morgan fingerprint density at radius 2 is 1.62 bits per heavy atom. The van der Waals surface area contributed by atoms with Gasteiger partial charge in [-0.3, -0.25) is 0 Å². The number of hydrogen-bond donors (Lipinski definition) is 0. The second-order valence-electron chi connectivity index (χ2n) is 15.9. The topological polar surface area (TPSA) is 29.4 Å². The highest BCUT2D eigenvalue weighted by Crippen LogP contribution is 2.77. The maximum atomic E-state index is 11.7. The lowest BCUT2D eigenvalue weighted by molar-refractivity contribution is -0.217.